The van der Waals surface area contributed by atoms with Gasteiger partial charge in [0, 0.05) is 27.1 Å². The van der Waals surface area contributed by atoms with Gasteiger partial charge in [-0.25, -0.2) is 13.6 Å². The fraction of sp³-hybridized carbons (Fsp3) is 0.364. The summed E-state index contributed by atoms with van der Waals surface area (Å²) in [5.41, 5.74) is 6.23. The Morgan fingerprint density at radius 1 is 1.37 bits per heavy atom. The zero-order chi connectivity index (χ0) is 14.6. The predicted molar refractivity (Wildman–Crippen MR) is 74.0 cm³/mol. The van der Waals surface area contributed by atoms with Gasteiger partial charge >= 0.3 is 0 Å². The Morgan fingerprint density at radius 3 is 2.53 bits per heavy atom. The van der Waals surface area contributed by atoms with E-state index in [4.69, 9.17) is 10.9 Å². The van der Waals surface area contributed by atoms with E-state index < -0.39 is 10.0 Å². The van der Waals surface area contributed by atoms with Gasteiger partial charge in [-0.2, -0.15) is 0 Å². The molecule has 0 aliphatic heterocycles. The van der Waals surface area contributed by atoms with Crippen molar-refractivity contribution in [2.45, 2.75) is 11.3 Å². The van der Waals surface area contributed by atoms with E-state index in [1.807, 2.05) is 0 Å². The molecule has 0 aliphatic rings. The standard InChI is InChI=1S/C11H18N4O3S/c1-15(2)10(16)6-7-14-8-4-3-5-9(11(8)12)19(13,17)18/h3-5,14H,6-7,12H2,1-2H3,(H2,13,17,18). The van der Waals surface area contributed by atoms with Crippen LogP contribution in [0.5, 0.6) is 0 Å². The van der Waals surface area contributed by atoms with Crippen molar-refractivity contribution in [2.75, 3.05) is 31.7 Å². The average molecular weight is 286 g/mol. The summed E-state index contributed by atoms with van der Waals surface area (Å²) in [7, 11) is -0.521. The van der Waals surface area contributed by atoms with E-state index in [2.05, 4.69) is 5.32 Å². The fourth-order valence-electron chi connectivity index (χ4n) is 1.47. The lowest BCUT2D eigenvalue weighted by Gasteiger charge is -2.13. The molecule has 0 atom stereocenters. The van der Waals surface area contributed by atoms with Crippen molar-refractivity contribution >= 4 is 27.3 Å². The van der Waals surface area contributed by atoms with E-state index in [9.17, 15) is 13.2 Å². The van der Waals surface area contributed by atoms with Crippen LogP contribution in [0.3, 0.4) is 0 Å². The first kappa shape index (κ1) is 15.3. The second kappa shape index (κ2) is 5.89. The van der Waals surface area contributed by atoms with Crippen LogP contribution in [-0.4, -0.2) is 39.9 Å². The molecule has 8 heteroatoms. The summed E-state index contributed by atoms with van der Waals surface area (Å²) >= 11 is 0. The highest BCUT2D eigenvalue weighted by molar-refractivity contribution is 7.89. The zero-order valence-electron chi connectivity index (χ0n) is 10.9. The Bertz CT molecular complexity index is 569. The first-order valence-corrected chi connectivity index (χ1v) is 7.13. The number of sulfonamides is 1. The molecule has 0 unspecified atom stereocenters. The minimum absolute atomic E-state index is 0.0336. The Morgan fingerprint density at radius 2 is 2.00 bits per heavy atom. The summed E-state index contributed by atoms with van der Waals surface area (Å²) < 4.78 is 22.6. The normalized spacial score (nSPS) is 11.1. The Balaban J connectivity index is 2.78. The second-order valence-corrected chi connectivity index (χ2v) is 5.76. The summed E-state index contributed by atoms with van der Waals surface area (Å²) in [5, 5.41) is 7.97. The minimum atomic E-state index is -3.85. The third-order valence-electron chi connectivity index (χ3n) is 2.53. The molecule has 0 saturated heterocycles. The first-order chi connectivity index (χ1) is 8.73. The maximum Gasteiger partial charge on any atom is 0.240 e. The van der Waals surface area contributed by atoms with Gasteiger partial charge in [0.1, 0.15) is 4.90 Å². The summed E-state index contributed by atoms with van der Waals surface area (Å²) in [5.74, 6) is -0.0336. The summed E-state index contributed by atoms with van der Waals surface area (Å²) in [4.78, 5) is 12.7. The van der Waals surface area contributed by atoms with Gasteiger partial charge in [0.2, 0.25) is 15.9 Å². The highest BCUT2D eigenvalue weighted by Gasteiger charge is 2.14. The summed E-state index contributed by atoms with van der Waals surface area (Å²) in [6, 6.07) is 4.50. The molecule has 0 spiro atoms. The minimum Gasteiger partial charge on any atom is -0.396 e. The molecule has 0 radical (unpaired) electrons. The molecule has 0 aromatic heterocycles. The Hall–Kier alpha value is -1.80. The van der Waals surface area contributed by atoms with Crippen LogP contribution in [0.25, 0.3) is 0 Å². The number of hydrogen-bond donors (Lipinski definition) is 3. The third-order valence-corrected chi connectivity index (χ3v) is 3.49. The Labute approximate surface area is 112 Å². The SMILES string of the molecule is CN(C)C(=O)CCNc1cccc(S(N)(=O)=O)c1N. The third kappa shape index (κ3) is 4.11. The number of nitrogens with one attached hydrogen (secondary N) is 1. The van der Waals surface area contributed by atoms with E-state index in [0.29, 0.717) is 12.2 Å². The van der Waals surface area contributed by atoms with Crippen molar-refractivity contribution in [3.05, 3.63) is 18.2 Å². The van der Waals surface area contributed by atoms with Crippen LogP contribution in [0.4, 0.5) is 11.4 Å². The summed E-state index contributed by atoms with van der Waals surface area (Å²) in [6.45, 7) is 0.356. The van der Waals surface area contributed by atoms with Gasteiger partial charge in [-0.15, -0.1) is 0 Å². The molecular formula is C11H18N4O3S. The second-order valence-electron chi connectivity index (χ2n) is 4.23. The molecule has 7 nitrogen and oxygen atoms in total. The van der Waals surface area contributed by atoms with Gasteiger partial charge in [0.15, 0.2) is 0 Å². The molecule has 1 amide bonds. The maximum atomic E-state index is 11.4. The molecule has 106 valence electrons. The molecule has 1 aromatic rings. The van der Waals surface area contributed by atoms with Crippen LogP contribution >= 0.6 is 0 Å². The van der Waals surface area contributed by atoms with Gasteiger partial charge in [-0.05, 0) is 12.1 Å². The van der Waals surface area contributed by atoms with Crippen LogP contribution in [0.15, 0.2) is 23.1 Å². The molecule has 19 heavy (non-hydrogen) atoms. The molecular weight excluding hydrogens is 268 g/mol. The number of anilines is 2. The van der Waals surface area contributed by atoms with Gasteiger partial charge < -0.3 is 16.0 Å². The number of nitrogens with two attached hydrogens (primary N) is 2. The van der Waals surface area contributed by atoms with Crippen LogP contribution in [0.1, 0.15) is 6.42 Å². The van der Waals surface area contributed by atoms with Gasteiger partial charge in [0.25, 0.3) is 0 Å². The number of para-hydroxylation sites is 1. The van der Waals surface area contributed by atoms with Crippen molar-refractivity contribution in [1.82, 2.24) is 4.90 Å². The number of rotatable bonds is 5. The van der Waals surface area contributed by atoms with Gasteiger partial charge in [-0.1, -0.05) is 6.07 Å². The average Bonchev–Trinajstić information content (AvgIpc) is 2.29. The van der Waals surface area contributed by atoms with E-state index in [1.165, 1.54) is 17.0 Å². The largest absolute Gasteiger partial charge is 0.396 e. The lowest BCUT2D eigenvalue weighted by molar-refractivity contribution is -0.128. The van der Waals surface area contributed by atoms with Crippen molar-refractivity contribution < 1.29 is 13.2 Å². The Kier molecular flexibility index (Phi) is 4.73. The summed E-state index contributed by atoms with van der Waals surface area (Å²) in [6.07, 6.45) is 0.284. The van der Waals surface area contributed by atoms with Crippen LogP contribution in [0.2, 0.25) is 0 Å². The van der Waals surface area contributed by atoms with Crippen molar-refractivity contribution in [3.8, 4) is 0 Å². The quantitative estimate of drug-likeness (QED) is 0.648. The molecule has 1 rings (SSSR count). The number of hydrogen-bond acceptors (Lipinski definition) is 5. The lowest BCUT2D eigenvalue weighted by atomic mass is 10.2. The van der Waals surface area contributed by atoms with Gasteiger partial charge in [0.05, 0.1) is 11.4 Å². The van der Waals surface area contributed by atoms with E-state index in [0.717, 1.165) is 0 Å². The number of nitrogen functional groups attached to an aromatic ring is 1. The fourth-order valence-corrected chi connectivity index (χ4v) is 2.16. The monoisotopic (exact) mass is 286 g/mol. The highest BCUT2D eigenvalue weighted by atomic mass is 32.2. The molecule has 0 fully saturated rings. The molecule has 0 aliphatic carbocycles. The van der Waals surface area contributed by atoms with Crippen LogP contribution in [-0.2, 0) is 14.8 Å². The van der Waals surface area contributed by atoms with E-state index in [-0.39, 0.29) is 22.9 Å². The smallest absolute Gasteiger partial charge is 0.240 e. The van der Waals surface area contributed by atoms with E-state index >= 15 is 0 Å². The first-order valence-electron chi connectivity index (χ1n) is 5.59. The number of primary sulfonamides is 1. The number of carbonyl (C=O) groups is 1. The molecule has 0 bridgehead atoms. The molecule has 1 aromatic carbocycles. The van der Waals surface area contributed by atoms with Crippen molar-refractivity contribution in [2.24, 2.45) is 5.14 Å². The van der Waals surface area contributed by atoms with Crippen LogP contribution < -0.4 is 16.2 Å². The number of nitrogens with zero attached hydrogens (tertiary/aromatic N) is 1. The van der Waals surface area contributed by atoms with Gasteiger partial charge in [-0.3, -0.25) is 4.79 Å². The maximum absolute atomic E-state index is 11.4. The molecule has 0 heterocycles. The number of amides is 1. The van der Waals surface area contributed by atoms with E-state index in [1.54, 1.807) is 20.2 Å². The van der Waals surface area contributed by atoms with Crippen molar-refractivity contribution in [1.29, 1.82) is 0 Å². The molecule has 0 saturated carbocycles. The topological polar surface area (TPSA) is 119 Å². The highest BCUT2D eigenvalue weighted by Crippen LogP contribution is 2.25. The zero-order valence-corrected chi connectivity index (χ0v) is 11.7. The van der Waals surface area contributed by atoms with Crippen molar-refractivity contribution in [3.63, 3.8) is 0 Å². The molecule has 5 N–H and O–H groups in total. The van der Waals surface area contributed by atoms with Crippen LogP contribution in [0, 0.1) is 0 Å². The number of carbonyl (C=O) groups excluding carboxylic acids is 1. The predicted octanol–water partition coefficient (Wildman–Crippen LogP) is -0.194. The number of benzene rings is 1. The lowest BCUT2D eigenvalue weighted by Crippen LogP contribution is -2.24.